The minimum Gasteiger partial charge on any atom is -0.310 e. The van der Waals surface area contributed by atoms with Gasteiger partial charge >= 0.3 is 0 Å². The highest BCUT2D eigenvalue weighted by atomic mass is 15.1. The highest BCUT2D eigenvalue weighted by molar-refractivity contribution is 6.00. The summed E-state index contributed by atoms with van der Waals surface area (Å²) in [5.74, 6) is 0. The van der Waals surface area contributed by atoms with E-state index < -0.39 is 0 Å². The Bertz CT molecular complexity index is 3010. The number of hydrogen-bond acceptors (Lipinski definition) is 1. The summed E-state index contributed by atoms with van der Waals surface area (Å²) in [4.78, 5) is 2.45. The predicted molar refractivity (Wildman–Crippen MR) is 249 cm³/mol. The van der Waals surface area contributed by atoms with Crippen molar-refractivity contribution in [1.82, 2.24) is 0 Å². The Morgan fingerprint density at radius 2 is 1.03 bits per heavy atom. The van der Waals surface area contributed by atoms with Gasteiger partial charge in [0.2, 0.25) is 0 Å². The van der Waals surface area contributed by atoms with Crippen molar-refractivity contribution in [2.45, 2.75) is 45.4 Å². The molecule has 280 valence electrons. The number of fused-ring (bicyclic) bond motifs is 5. The first-order valence-electron chi connectivity index (χ1n) is 20.5. The van der Waals surface area contributed by atoms with E-state index in [1.165, 1.54) is 82.7 Å². The van der Waals surface area contributed by atoms with E-state index in [9.17, 15) is 0 Å². The third-order valence-corrected chi connectivity index (χ3v) is 12.4. The lowest BCUT2D eigenvalue weighted by atomic mass is 9.79. The van der Waals surface area contributed by atoms with E-state index in [4.69, 9.17) is 0 Å². The fourth-order valence-corrected chi connectivity index (χ4v) is 9.26. The number of anilines is 3. The molecule has 58 heavy (non-hydrogen) atoms. The van der Waals surface area contributed by atoms with Gasteiger partial charge in [-0.25, -0.2) is 0 Å². The Balaban J connectivity index is 1.16. The largest absolute Gasteiger partial charge is 0.310 e. The average molecular weight is 746 g/mol. The number of rotatable bonds is 6. The summed E-state index contributed by atoms with van der Waals surface area (Å²) in [6, 6.07) is 71.9. The summed E-state index contributed by atoms with van der Waals surface area (Å²) >= 11 is 0. The second kappa shape index (κ2) is 13.7. The molecular formula is C57H47N. The average Bonchev–Trinajstić information content (AvgIpc) is 3.49. The third-order valence-electron chi connectivity index (χ3n) is 12.4. The maximum Gasteiger partial charge on any atom is 0.0540 e. The Hall–Kier alpha value is -6.70. The number of nitrogens with zero attached hydrogens (tertiary/aromatic N) is 1. The first-order valence-corrected chi connectivity index (χ1v) is 20.5. The summed E-state index contributed by atoms with van der Waals surface area (Å²) in [5.41, 5.74) is 17.4. The van der Waals surface area contributed by atoms with Crippen LogP contribution in [-0.4, -0.2) is 0 Å². The molecule has 0 radical (unpaired) electrons. The van der Waals surface area contributed by atoms with Crippen LogP contribution in [0.2, 0.25) is 0 Å². The molecule has 10 rings (SSSR count). The van der Waals surface area contributed by atoms with Gasteiger partial charge in [0.1, 0.15) is 0 Å². The molecule has 0 saturated heterocycles. The molecule has 1 heteroatoms. The zero-order chi connectivity index (χ0) is 39.6. The smallest absolute Gasteiger partial charge is 0.0540 e. The molecule has 0 bridgehead atoms. The van der Waals surface area contributed by atoms with Crippen LogP contribution in [0.3, 0.4) is 0 Å². The van der Waals surface area contributed by atoms with E-state index >= 15 is 0 Å². The summed E-state index contributed by atoms with van der Waals surface area (Å²) in [6.07, 6.45) is 0. The molecular weight excluding hydrogens is 699 g/mol. The van der Waals surface area contributed by atoms with Crippen LogP contribution in [0, 0.1) is 0 Å². The molecule has 0 N–H and O–H groups in total. The minimum atomic E-state index is -0.123. The maximum absolute atomic E-state index is 2.47. The van der Waals surface area contributed by atoms with Crippen LogP contribution in [0.25, 0.3) is 66.1 Å². The second-order valence-electron chi connectivity index (χ2n) is 17.4. The van der Waals surface area contributed by atoms with Gasteiger partial charge in [-0.05, 0) is 119 Å². The standard InChI is InChI=1S/C57H47N/c1-56(2,3)44-31-34-51-53(37-44)57(4,5)52-25-14-24-50(55(51)52)49-22-10-11-26-54(49)58(45-32-29-40(30-33-45)48-23-13-18-39-16-8-9-21-47(39)48)46-20-12-19-42(36-46)43-28-27-38-15-6-7-17-41(38)35-43/h6-37H,1-5H3. The van der Waals surface area contributed by atoms with Crippen LogP contribution in [-0.2, 0) is 10.8 Å². The molecule has 0 aromatic heterocycles. The van der Waals surface area contributed by atoms with Crippen molar-refractivity contribution in [1.29, 1.82) is 0 Å². The topological polar surface area (TPSA) is 3.24 Å². The van der Waals surface area contributed by atoms with E-state index in [1.807, 2.05) is 0 Å². The second-order valence-corrected chi connectivity index (χ2v) is 17.4. The van der Waals surface area contributed by atoms with Crippen LogP contribution >= 0.6 is 0 Å². The summed E-state index contributed by atoms with van der Waals surface area (Å²) < 4.78 is 0. The van der Waals surface area contributed by atoms with Gasteiger partial charge in [0.25, 0.3) is 0 Å². The molecule has 9 aromatic rings. The van der Waals surface area contributed by atoms with Gasteiger partial charge in [-0.3, -0.25) is 0 Å². The Morgan fingerprint density at radius 1 is 0.397 bits per heavy atom. The van der Waals surface area contributed by atoms with Crippen molar-refractivity contribution in [3.05, 3.63) is 211 Å². The Labute approximate surface area is 342 Å². The van der Waals surface area contributed by atoms with Crippen molar-refractivity contribution >= 4 is 38.6 Å². The van der Waals surface area contributed by atoms with Crippen molar-refractivity contribution in [2.75, 3.05) is 4.90 Å². The van der Waals surface area contributed by atoms with Crippen LogP contribution in [0.5, 0.6) is 0 Å². The van der Waals surface area contributed by atoms with Crippen LogP contribution in [0.1, 0.15) is 51.3 Å². The van der Waals surface area contributed by atoms with E-state index in [1.54, 1.807) is 0 Å². The lowest BCUT2D eigenvalue weighted by Gasteiger charge is -2.29. The first-order chi connectivity index (χ1) is 28.1. The maximum atomic E-state index is 2.47. The molecule has 0 unspecified atom stereocenters. The molecule has 1 aliphatic carbocycles. The number of para-hydroxylation sites is 1. The highest BCUT2D eigenvalue weighted by Gasteiger charge is 2.38. The van der Waals surface area contributed by atoms with Crippen molar-refractivity contribution < 1.29 is 0 Å². The van der Waals surface area contributed by atoms with E-state index in [0.717, 1.165) is 17.1 Å². The summed E-state index contributed by atoms with van der Waals surface area (Å²) in [7, 11) is 0. The molecule has 0 fully saturated rings. The Kier molecular flexibility index (Phi) is 8.46. The van der Waals surface area contributed by atoms with Gasteiger partial charge in [0.15, 0.2) is 0 Å². The molecule has 0 atom stereocenters. The summed E-state index contributed by atoms with van der Waals surface area (Å²) in [5, 5.41) is 5.00. The molecule has 1 nitrogen and oxygen atoms in total. The van der Waals surface area contributed by atoms with E-state index in [2.05, 4.69) is 234 Å². The molecule has 0 saturated carbocycles. The molecule has 0 heterocycles. The first kappa shape index (κ1) is 35.7. The van der Waals surface area contributed by atoms with Crippen molar-refractivity contribution in [3.8, 4) is 44.5 Å². The number of hydrogen-bond donors (Lipinski definition) is 0. The Morgan fingerprint density at radius 3 is 1.86 bits per heavy atom. The van der Waals surface area contributed by atoms with Crippen molar-refractivity contribution in [2.24, 2.45) is 0 Å². The van der Waals surface area contributed by atoms with Crippen molar-refractivity contribution in [3.63, 3.8) is 0 Å². The van der Waals surface area contributed by atoms with Gasteiger partial charge in [-0.2, -0.15) is 0 Å². The normalized spacial score (nSPS) is 13.1. The van der Waals surface area contributed by atoms with Gasteiger partial charge in [-0.1, -0.05) is 192 Å². The highest BCUT2D eigenvalue weighted by Crippen LogP contribution is 2.54. The predicted octanol–water partition coefficient (Wildman–Crippen LogP) is 16.1. The van der Waals surface area contributed by atoms with Gasteiger partial charge < -0.3 is 4.90 Å². The van der Waals surface area contributed by atoms with Crippen LogP contribution < -0.4 is 4.90 Å². The SMILES string of the molecule is CC(C)(C)c1ccc2c(c1)C(C)(C)c1cccc(-c3ccccc3N(c3ccc(-c4cccc5ccccc45)cc3)c3cccc(-c4ccc5ccccc5c4)c3)c1-2. The molecule has 9 aromatic carbocycles. The molecule has 0 aliphatic heterocycles. The zero-order valence-corrected chi connectivity index (χ0v) is 33.9. The summed E-state index contributed by atoms with van der Waals surface area (Å²) in [6.45, 7) is 11.7. The van der Waals surface area contributed by atoms with E-state index in [0.29, 0.717) is 0 Å². The van der Waals surface area contributed by atoms with Crippen LogP contribution in [0.15, 0.2) is 194 Å². The van der Waals surface area contributed by atoms with E-state index in [-0.39, 0.29) is 10.8 Å². The van der Waals surface area contributed by atoms with Gasteiger partial charge in [0.05, 0.1) is 5.69 Å². The third kappa shape index (κ3) is 6.01. The lowest BCUT2D eigenvalue weighted by molar-refractivity contribution is 0.584. The number of benzene rings is 9. The zero-order valence-electron chi connectivity index (χ0n) is 33.9. The lowest BCUT2D eigenvalue weighted by Crippen LogP contribution is -2.17. The molecule has 1 aliphatic rings. The van der Waals surface area contributed by atoms with Crippen LogP contribution in [0.4, 0.5) is 17.1 Å². The molecule has 0 amide bonds. The minimum absolute atomic E-state index is 0.0698. The molecule has 0 spiro atoms. The quantitative estimate of drug-likeness (QED) is 0.164. The fourth-order valence-electron chi connectivity index (χ4n) is 9.26. The van der Waals surface area contributed by atoms with Gasteiger partial charge in [0, 0.05) is 22.4 Å². The monoisotopic (exact) mass is 745 g/mol. The fraction of sp³-hybridized carbons (Fsp3) is 0.123. The van der Waals surface area contributed by atoms with Gasteiger partial charge in [-0.15, -0.1) is 0 Å².